The summed E-state index contributed by atoms with van der Waals surface area (Å²) >= 11 is 0. The Bertz CT molecular complexity index is 932. The third kappa shape index (κ3) is 5.09. The molecule has 4 nitrogen and oxygen atoms in total. The fourth-order valence-electron chi connectivity index (χ4n) is 3.79. The van der Waals surface area contributed by atoms with Crippen molar-refractivity contribution >= 4 is 15.4 Å². The van der Waals surface area contributed by atoms with Crippen LogP contribution in [0.25, 0.3) is 5.57 Å². The van der Waals surface area contributed by atoms with Crippen molar-refractivity contribution < 1.29 is 13.2 Å². The lowest BCUT2D eigenvalue weighted by Gasteiger charge is -2.30. The molecule has 0 N–H and O–H groups in total. The molecule has 2 aromatic rings. The molecule has 0 saturated carbocycles. The maximum Gasteiger partial charge on any atom is 0.183 e. The Morgan fingerprint density at radius 1 is 1.03 bits per heavy atom. The summed E-state index contributed by atoms with van der Waals surface area (Å²) in [6.07, 6.45) is 4.83. The standard InChI is InChI=1S/C24H31NO3S/c1-24(2,29(26,27)23-10-5-4-6-11-23)16-8-18-25-17-7-9-21(19-25)20-12-14-22(28-3)15-13-20/h4-6,9-15H,7-8,16-19H2,1-3H3. The van der Waals surface area contributed by atoms with Gasteiger partial charge in [-0.3, -0.25) is 4.90 Å². The Morgan fingerprint density at radius 2 is 1.72 bits per heavy atom. The summed E-state index contributed by atoms with van der Waals surface area (Å²) in [7, 11) is -1.67. The predicted molar refractivity (Wildman–Crippen MR) is 119 cm³/mol. The number of nitrogens with zero attached hydrogens (tertiary/aromatic N) is 1. The number of rotatable bonds is 8. The second-order valence-corrected chi connectivity index (χ2v) is 10.8. The van der Waals surface area contributed by atoms with Gasteiger partial charge in [-0.05, 0) is 75.1 Å². The van der Waals surface area contributed by atoms with Gasteiger partial charge in [-0.1, -0.05) is 36.4 Å². The topological polar surface area (TPSA) is 46.6 Å². The smallest absolute Gasteiger partial charge is 0.183 e. The average Bonchev–Trinajstić information content (AvgIpc) is 2.74. The Morgan fingerprint density at radius 3 is 2.38 bits per heavy atom. The first-order chi connectivity index (χ1) is 13.8. The van der Waals surface area contributed by atoms with Crippen molar-refractivity contribution in [3.63, 3.8) is 0 Å². The van der Waals surface area contributed by atoms with Gasteiger partial charge in [0.05, 0.1) is 16.8 Å². The van der Waals surface area contributed by atoms with E-state index in [0.717, 1.165) is 38.2 Å². The van der Waals surface area contributed by atoms with Crippen LogP contribution in [0, 0.1) is 0 Å². The maximum absolute atomic E-state index is 13.0. The fourth-order valence-corrected chi connectivity index (χ4v) is 5.36. The van der Waals surface area contributed by atoms with E-state index in [0.29, 0.717) is 11.3 Å². The van der Waals surface area contributed by atoms with Crippen LogP contribution in [0.15, 0.2) is 65.6 Å². The summed E-state index contributed by atoms with van der Waals surface area (Å²) in [5.41, 5.74) is 2.55. The molecule has 0 bridgehead atoms. The maximum atomic E-state index is 13.0. The summed E-state index contributed by atoms with van der Waals surface area (Å²) in [6.45, 7) is 6.51. The van der Waals surface area contributed by atoms with Crippen molar-refractivity contribution in [1.29, 1.82) is 0 Å². The number of hydrogen-bond acceptors (Lipinski definition) is 4. The summed E-state index contributed by atoms with van der Waals surface area (Å²) in [5, 5.41) is 0. The van der Waals surface area contributed by atoms with E-state index in [9.17, 15) is 8.42 Å². The van der Waals surface area contributed by atoms with Crippen molar-refractivity contribution in [1.82, 2.24) is 4.90 Å². The van der Waals surface area contributed by atoms with Crippen molar-refractivity contribution in [2.75, 3.05) is 26.7 Å². The van der Waals surface area contributed by atoms with E-state index >= 15 is 0 Å². The lowest BCUT2D eigenvalue weighted by Crippen LogP contribution is -2.35. The first-order valence-electron chi connectivity index (χ1n) is 10.2. The molecule has 0 radical (unpaired) electrons. The number of ether oxygens (including phenoxy) is 1. The third-order valence-corrected chi connectivity index (χ3v) is 8.28. The minimum Gasteiger partial charge on any atom is -0.497 e. The molecule has 29 heavy (non-hydrogen) atoms. The molecule has 0 aromatic heterocycles. The number of methoxy groups -OCH3 is 1. The third-order valence-electron chi connectivity index (χ3n) is 5.72. The van der Waals surface area contributed by atoms with Gasteiger partial charge in [0.25, 0.3) is 0 Å². The lowest BCUT2D eigenvalue weighted by atomic mass is 10.0. The van der Waals surface area contributed by atoms with Crippen molar-refractivity contribution in [3.8, 4) is 5.75 Å². The van der Waals surface area contributed by atoms with E-state index in [4.69, 9.17) is 4.74 Å². The molecule has 0 amide bonds. The number of sulfone groups is 1. The van der Waals surface area contributed by atoms with E-state index in [1.807, 2.05) is 32.0 Å². The van der Waals surface area contributed by atoms with Crippen LogP contribution in [-0.4, -0.2) is 44.8 Å². The molecule has 0 atom stereocenters. The van der Waals surface area contributed by atoms with Crippen molar-refractivity contribution in [2.24, 2.45) is 0 Å². The minimum atomic E-state index is -3.34. The van der Waals surface area contributed by atoms with Gasteiger partial charge in [-0.25, -0.2) is 8.42 Å². The van der Waals surface area contributed by atoms with Crippen molar-refractivity contribution in [2.45, 2.75) is 42.8 Å². The minimum absolute atomic E-state index is 0.410. The van der Waals surface area contributed by atoms with Crippen molar-refractivity contribution in [3.05, 3.63) is 66.2 Å². The van der Waals surface area contributed by atoms with E-state index in [-0.39, 0.29) is 0 Å². The highest BCUT2D eigenvalue weighted by atomic mass is 32.2. The molecule has 0 spiro atoms. The van der Waals surface area contributed by atoms with Gasteiger partial charge in [-0.2, -0.15) is 0 Å². The Labute approximate surface area is 175 Å². The molecule has 2 aromatic carbocycles. The van der Waals surface area contributed by atoms with E-state index in [2.05, 4.69) is 23.1 Å². The highest BCUT2D eigenvalue weighted by Gasteiger charge is 2.35. The Balaban J connectivity index is 1.57. The van der Waals surface area contributed by atoms with Crippen LogP contribution in [0.1, 0.15) is 38.7 Å². The Hall–Kier alpha value is -2.11. The summed E-state index contributed by atoms with van der Waals surface area (Å²) < 4.78 is 30.4. The average molecular weight is 414 g/mol. The molecular formula is C24H31NO3S. The molecule has 1 aliphatic rings. The SMILES string of the molecule is COc1ccc(C2=CCCN(CCCC(C)(C)S(=O)(=O)c3ccccc3)C2)cc1. The summed E-state index contributed by atoms with van der Waals surface area (Å²) in [4.78, 5) is 2.83. The zero-order valence-electron chi connectivity index (χ0n) is 17.6. The van der Waals surface area contributed by atoms with Crippen LogP contribution < -0.4 is 4.74 Å². The molecule has 0 saturated heterocycles. The highest BCUT2D eigenvalue weighted by molar-refractivity contribution is 7.92. The van der Waals surface area contributed by atoms with E-state index < -0.39 is 14.6 Å². The van der Waals surface area contributed by atoms with Crippen LogP contribution in [0.2, 0.25) is 0 Å². The first-order valence-corrected chi connectivity index (χ1v) is 11.7. The molecule has 0 fully saturated rings. The van der Waals surface area contributed by atoms with Crippen LogP contribution >= 0.6 is 0 Å². The molecule has 0 aliphatic carbocycles. The Kier molecular flexibility index (Phi) is 6.81. The molecule has 1 heterocycles. The molecular weight excluding hydrogens is 382 g/mol. The largest absolute Gasteiger partial charge is 0.497 e. The second kappa shape index (κ2) is 9.14. The van der Waals surface area contributed by atoms with Gasteiger partial charge in [-0.15, -0.1) is 0 Å². The monoisotopic (exact) mass is 413 g/mol. The van der Waals surface area contributed by atoms with Gasteiger partial charge >= 0.3 is 0 Å². The van der Waals surface area contributed by atoms with Crippen LogP contribution in [0.4, 0.5) is 0 Å². The zero-order valence-corrected chi connectivity index (χ0v) is 18.4. The van der Waals surface area contributed by atoms with Gasteiger partial charge in [0.2, 0.25) is 0 Å². The molecule has 156 valence electrons. The van der Waals surface area contributed by atoms with E-state index in [1.54, 1.807) is 31.4 Å². The quantitative estimate of drug-likeness (QED) is 0.623. The molecule has 3 rings (SSSR count). The van der Waals surface area contributed by atoms with Gasteiger partial charge < -0.3 is 4.74 Å². The van der Waals surface area contributed by atoms with Crippen LogP contribution in [-0.2, 0) is 9.84 Å². The van der Waals surface area contributed by atoms with Gasteiger partial charge in [0.15, 0.2) is 9.84 Å². The molecule has 5 heteroatoms. The fraction of sp³-hybridized carbons (Fsp3) is 0.417. The summed E-state index contributed by atoms with van der Waals surface area (Å²) in [5.74, 6) is 0.865. The zero-order chi connectivity index (χ0) is 20.9. The lowest BCUT2D eigenvalue weighted by molar-refractivity contribution is 0.292. The molecule has 0 unspecified atom stereocenters. The summed E-state index contributed by atoms with van der Waals surface area (Å²) in [6, 6.07) is 17.0. The van der Waals surface area contributed by atoms with Crippen LogP contribution in [0.5, 0.6) is 5.75 Å². The number of benzene rings is 2. The van der Waals surface area contributed by atoms with Crippen LogP contribution in [0.3, 0.4) is 0 Å². The highest BCUT2D eigenvalue weighted by Crippen LogP contribution is 2.30. The van der Waals surface area contributed by atoms with Gasteiger partial charge in [0, 0.05) is 13.1 Å². The normalized spacial score (nSPS) is 15.8. The number of hydrogen-bond donors (Lipinski definition) is 0. The second-order valence-electron chi connectivity index (χ2n) is 8.20. The van der Waals surface area contributed by atoms with E-state index in [1.165, 1.54) is 11.1 Å². The predicted octanol–water partition coefficient (Wildman–Crippen LogP) is 4.82. The van der Waals surface area contributed by atoms with Gasteiger partial charge in [0.1, 0.15) is 5.75 Å². The first kappa shape index (κ1) is 21.6. The molecule has 1 aliphatic heterocycles.